The molecule has 1 heterocycles. The fourth-order valence-corrected chi connectivity index (χ4v) is 1.86. The summed E-state index contributed by atoms with van der Waals surface area (Å²) in [7, 11) is 0. The van der Waals surface area contributed by atoms with Crippen LogP contribution in [0.15, 0.2) is 39.9 Å². The number of nitrogens with two attached hydrogens (primary N) is 1. The van der Waals surface area contributed by atoms with E-state index in [0.29, 0.717) is 27.1 Å². The first-order valence-corrected chi connectivity index (χ1v) is 6.41. The van der Waals surface area contributed by atoms with Gasteiger partial charge in [0, 0.05) is 5.56 Å². The van der Waals surface area contributed by atoms with Crippen LogP contribution in [0.25, 0.3) is 11.3 Å². The fourth-order valence-electron chi connectivity index (χ4n) is 1.47. The van der Waals surface area contributed by atoms with Gasteiger partial charge in [-0.05, 0) is 24.3 Å². The number of amides is 2. The molecule has 0 radical (unpaired) electrons. The standard InChI is InChI=1S/C13H9Cl2N3O3/c14-9-3-1-2-8(11(9)15)10-5-4-7(21-10)6-17-18-13(20)12(16)19/h1-6H,(H2,16,19)(H,18,20)/b17-6-. The molecular formula is C13H9Cl2N3O3. The quantitative estimate of drug-likeness (QED) is 0.514. The van der Waals surface area contributed by atoms with Gasteiger partial charge in [-0.2, -0.15) is 5.10 Å². The van der Waals surface area contributed by atoms with Crippen LogP contribution < -0.4 is 11.2 Å². The smallest absolute Gasteiger partial charge is 0.329 e. The molecule has 0 spiro atoms. The van der Waals surface area contributed by atoms with Crippen LogP contribution in [0.4, 0.5) is 0 Å². The molecule has 0 saturated heterocycles. The first kappa shape index (κ1) is 15.1. The van der Waals surface area contributed by atoms with Crippen molar-refractivity contribution in [2.75, 3.05) is 0 Å². The molecule has 8 heteroatoms. The third-order valence-corrected chi connectivity index (χ3v) is 3.24. The van der Waals surface area contributed by atoms with E-state index in [1.807, 2.05) is 5.43 Å². The summed E-state index contributed by atoms with van der Waals surface area (Å²) < 4.78 is 5.49. The second kappa shape index (κ2) is 6.43. The molecule has 0 aliphatic rings. The minimum absolute atomic E-state index is 0.353. The monoisotopic (exact) mass is 325 g/mol. The van der Waals surface area contributed by atoms with Crippen LogP contribution >= 0.6 is 23.2 Å². The Morgan fingerprint density at radius 3 is 2.71 bits per heavy atom. The summed E-state index contributed by atoms with van der Waals surface area (Å²) in [4.78, 5) is 21.4. The van der Waals surface area contributed by atoms with Gasteiger partial charge in [-0.1, -0.05) is 29.3 Å². The fraction of sp³-hybridized carbons (Fsp3) is 0. The molecule has 1 aromatic heterocycles. The molecule has 6 nitrogen and oxygen atoms in total. The Morgan fingerprint density at radius 1 is 1.24 bits per heavy atom. The molecule has 21 heavy (non-hydrogen) atoms. The first-order valence-electron chi connectivity index (χ1n) is 5.66. The van der Waals surface area contributed by atoms with Crippen molar-refractivity contribution < 1.29 is 14.0 Å². The Hall–Kier alpha value is -2.31. The van der Waals surface area contributed by atoms with Crippen molar-refractivity contribution >= 4 is 41.2 Å². The number of carbonyl (C=O) groups excluding carboxylic acids is 2. The number of hydrogen-bond acceptors (Lipinski definition) is 4. The van der Waals surface area contributed by atoms with Crippen molar-refractivity contribution in [3.05, 3.63) is 46.1 Å². The predicted molar refractivity (Wildman–Crippen MR) is 79.1 cm³/mol. The normalized spacial score (nSPS) is 10.8. The molecular weight excluding hydrogens is 317 g/mol. The molecule has 0 aliphatic carbocycles. The lowest BCUT2D eigenvalue weighted by Gasteiger charge is -2.01. The van der Waals surface area contributed by atoms with Crippen LogP contribution in [0.1, 0.15) is 5.76 Å². The van der Waals surface area contributed by atoms with Crippen LogP contribution in [0.2, 0.25) is 10.0 Å². The van der Waals surface area contributed by atoms with Crippen LogP contribution in [-0.2, 0) is 9.59 Å². The topological polar surface area (TPSA) is 97.7 Å². The molecule has 0 fully saturated rings. The van der Waals surface area contributed by atoms with Gasteiger partial charge >= 0.3 is 11.8 Å². The minimum Gasteiger partial charge on any atom is -0.455 e. The lowest BCUT2D eigenvalue weighted by molar-refractivity contribution is -0.137. The van der Waals surface area contributed by atoms with Gasteiger partial charge in [-0.3, -0.25) is 9.59 Å². The Bertz CT molecular complexity index is 725. The highest BCUT2D eigenvalue weighted by Crippen LogP contribution is 2.33. The zero-order valence-electron chi connectivity index (χ0n) is 10.5. The largest absolute Gasteiger partial charge is 0.455 e. The van der Waals surface area contributed by atoms with Crippen LogP contribution in [0, 0.1) is 0 Å². The summed E-state index contributed by atoms with van der Waals surface area (Å²) in [5.74, 6) is -1.30. The van der Waals surface area contributed by atoms with E-state index < -0.39 is 11.8 Å². The number of halogens is 2. The van der Waals surface area contributed by atoms with Gasteiger partial charge in [0.15, 0.2) is 0 Å². The van der Waals surface area contributed by atoms with E-state index in [0.717, 1.165) is 0 Å². The third-order valence-electron chi connectivity index (χ3n) is 2.43. The summed E-state index contributed by atoms with van der Waals surface area (Å²) >= 11 is 12.0. The molecule has 2 amide bonds. The molecule has 108 valence electrons. The molecule has 3 N–H and O–H groups in total. The lowest BCUT2D eigenvalue weighted by atomic mass is 10.2. The molecule has 0 saturated carbocycles. The van der Waals surface area contributed by atoms with Crippen LogP contribution in [-0.4, -0.2) is 18.0 Å². The summed E-state index contributed by atoms with van der Waals surface area (Å²) in [5, 5.41) is 4.32. The maximum absolute atomic E-state index is 10.9. The molecule has 0 bridgehead atoms. The maximum atomic E-state index is 10.9. The number of furan rings is 1. The van der Waals surface area contributed by atoms with Gasteiger partial charge in [0.25, 0.3) is 0 Å². The second-order valence-corrected chi connectivity index (χ2v) is 4.65. The van der Waals surface area contributed by atoms with Gasteiger partial charge in [-0.15, -0.1) is 0 Å². The van der Waals surface area contributed by atoms with E-state index in [-0.39, 0.29) is 0 Å². The second-order valence-electron chi connectivity index (χ2n) is 3.87. The van der Waals surface area contributed by atoms with Crippen molar-refractivity contribution in [1.82, 2.24) is 5.43 Å². The number of carbonyl (C=O) groups is 2. The van der Waals surface area contributed by atoms with E-state index >= 15 is 0 Å². The van der Waals surface area contributed by atoms with Gasteiger partial charge in [0.1, 0.15) is 11.5 Å². The molecule has 2 aromatic rings. The van der Waals surface area contributed by atoms with Crippen molar-refractivity contribution in [2.45, 2.75) is 0 Å². The minimum atomic E-state index is -1.13. The van der Waals surface area contributed by atoms with E-state index in [2.05, 4.69) is 5.10 Å². The number of benzene rings is 1. The average molecular weight is 326 g/mol. The van der Waals surface area contributed by atoms with E-state index in [4.69, 9.17) is 33.4 Å². The summed E-state index contributed by atoms with van der Waals surface area (Å²) in [6.07, 6.45) is 1.22. The number of nitrogens with one attached hydrogen (secondary N) is 1. The summed E-state index contributed by atoms with van der Waals surface area (Å²) in [6.45, 7) is 0. The maximum Gasteiger partial charge on any atom is 0.329 e. The zero-order chi connectivity index (χ0) is 15.4. The molecule has 1 aromatic carbocycles. The SMILES string of the molecule is NC(=O)C(=O)N/N=C\c1ccc(-c2cccc(Cl)c2Cl)o1. The lowest BCUT2D eigenvalue weighted by Crippen LogP contribution is -2.32. The number of hydrazone groups is 1. The highest BCUT2D eigenvalue weighted by molar-refractivity contribution is 6.43. The molecule has 2 rings (SSSR count). The Morgan fingerprint density at radius 2 is 2.00 bits per heavy atom. The number of rotatable bonds is 3. The van der Waals surface area contributed by atoms with Crippen LogP contribution in [0.5, 0.6) is 0 Å². The average Bonchev–Trinajstić information content (AvgIpc) is 2.90. The highest BCUT2D eigenvalue weighted by atomic mass is 35.5. The van der Waals surface area contributed by atoms with Crippen molar-refractivity contribution in [3.8, 4) is 11.3 Å². The van der Waals surface area contributed by atoms with E-state index in [9.17, 15) is 9.59 Å². The third kappa shape index (κ3) is 3.62. The zero-order valence-corrected chi connectivity index (χ0v) is 12.0. The van der Waals surface area contributed by atoms with E-state index in [1.54, 1.807) is 30.3 Å². The number of hydrogen-bond donors (Lipinski definition) is 2. The Kier molecular flexibility index (Phi) is 4.62. The van der Waals surface area contributed by atoms with Crippen molar-refractivity contribution in [2.24, 2.45) is 10.8 Å². The number of primary amides is 1. The molecule has 0 aliphatic heterocycles. The summed E-state index contributed by atoms with van der Waals surface area (Å²) in [6, 6.07) is 8.45. The van der Waals surface area contributed by atoms with Gasteiger partial charge in [0.05, 0.1) is 16.3 Å². The van der Waals surface area contributed by atoms with Crippen molar-refractivity contribution in [1.29, 1.82) is 0 Å². The Balaban J connectivity index is 2.15. The summed E-state index contributed by atoms with van der Waals surface area (Å²) in [5.41, 5.74) is 7.33. The van der Waals surface area contributed by atoms with Gasteiger partial charge < -0.3 is 10.2 Å². The predicted octanol–water partition coefficient (Wildman–Crippen LogP) is 2.19. The number of nitrogens with zero attached hydrogens (tertiary/aromatic N) is 1. The van der Waals surface area contributed by atoms with E-state index in [1.165, 1.54) is 6.21 Å². The van der Waals surface area contributed by atoms with Crippen molar-refractivity contribution in [3.63, 3.8) is 0 Å². The van der Waals surface area contributed by atoms with Gasteiger partial charge in [-0.25, -0.2) is 5.43 Å². The van der Waals surface area contributed by atoms with Crippen LogP contribution in [0.3, 0.4) is 0 Å². The Labute approximate surface area is 129 Å². The first-order chi connectivity index (χ1) is 9.99. The highest BCUT2D eigenvalue weighted by Gasteiger charge is 2.10. The molecule has 0 atom stereocenters. The molecule has 0 unspecified atom stereocenters. The van der Waals surface area contributed by atoms with Gasteiger partial charge in [0.2, 0.25) is 0 Å².